The zero-order chi connectivity index (χ0) is 15.7. The normalized spacial score (nSPS) is 13.1. The van der Waals surface area contributed by atoms with Gasteiger partial charge in [-0.3, -0.25) is 4.99 Å². The van der Waals surface area contributed by atoms with Crippen LogP contribution in [0.1, 0.15) is 39.2 Å². The van der Waals surface area contributed by atoms with Crippen LogP contribution in [-0.2, 0) is 0 Å². The molecule has 1 atom stereocenters. The molecule has 0 heterocycles. The first-order chi connectivity index (χ1) is 10.1. The first-order valence-corrected chi connectivity index (χ1v) is 7.73. The van der Waals surface area contributed by atoms with E-state index in [1.54, 1.807) is 7.11 Å². The molecule has 21 heavy (non-hydrogen) atoms. The molecule has 118 valence electrons. The average Bonchev–Trinajstić information content (AvgIpc) is 2.49. The number of nitrogens with zero attached hydrogens (tertiary/aromatic N) is 1. The SMILES string of the molecule is CCNC(=NCC(C)C)NCC(C)c1ccccc1OC. The van der Waals surface area contributed by atoms with Crippen molar-refractivity contribution in [2.24, 2.45) is 10.9 Å². The van der Waals surface area contributed by atoms with E-state index in [1.165, 1.54) is 5.56 Å². The van der Waals surface area contributed by atoms with Crippen LogP contribution in [0.25, 0.3) is 0 Å². The lowest BCUT2D eigenvalue weighted by molar-refractivity contribution is 0.406. The molecule has 0 aromatic heterocycles. The van der Waals surface area contributed by atoms with Crippen molar-refractivity contribution in [1.29, 1.82) is 0 Å². The predicted molar refractivity (Wildman–Crippen MR) is 90.2 cm³/mol. The van der Waals surface area contributed by atoms with E-state index in [0.29, 0.717) is 11.8 Å². The van der Waals surface area contributed by atoms with Crippen molar-refractivity contribution < 1.29 is 4.74 Å². The molecule has 4 heteroatoms. The summed E-state index contributed by atoms with van der Waals surface area (Å²) in [6.45, 7) is 11.1. The second kappa shape index (κ2) is 9.27. The quantitative estimate of drug-likeness (QED) is 0.599. The summed E-state index contributed by atoms with van der Waals surface area (Å²) >= 11 is 0. The molecule has 0 spiro atoms. The maximum absolute atomic E-state index is 5.43. The van der Waals surface area contributed by atoms with E-state index in [1.807, 2.05) is 18.2 Å². The lowest BCUT2D eigenvalue weighted by atomic mass is 10.0. The van der Waals surface area contributed by atoms with Crippen molar-refractivity contribution in [3.8, 4) is 5.75 Å². The number of guanidine groups is 1. The Hall–Kier alpha value is -1.71. The van der Waals surface area contributed by atoms with Crippen molar-refractivity contribution in [3.05, 3.63) is 29.8 Å². The molecule has 0 saturated carbocycles. The van der Waals surface area contributed by atoms with Crippen molar-refractivity contribution in [2.45, 2.75) is 33.6 Å². The van der Waals surface area contributed by atoms with E-state index < -0.39 is 0 Å². The van der Waals surface area contributed by atoms with Crippen LogP contribution in [0.2, 0.25) is 0 Å². The fourth-order valence-electron chi connectivity index (χ4n) is 2.05. The van der Waals surface area contributed by atoms with Gasteiger partial charge < -0.3 is 15.4 Å². The van der Waals surface area contributed by atoms with Gasteiger partial charge in [0.15, 0.2) is 5.96 Å². The summed E-state index contributed by atoms with van der Waals surface area (Å²) in [5.41, 5.74) is 1.22. The Labute approximate surface area is 129 Å². The van der Waals surface area contributed by atoms with Gasteiger partial charge in [-0.2, -0.15) is 0 Å². The van der Waals surface area contributed by atoms with Crippen LogP contribution in [0.15, 0.2) is 29.3 Å². The molecule has 0 saturated heterocycles. The Morgan fingerprint density at radius 3 is 2.52 bits per heavy atom. The topological polar surface area (TPSA) is 45.7 Å². The molecule has 1 unspecified atom stereocenters. The first-order valence-electron chi connectivity index (χ1n) is 7.73. The zero-order valence-corrected chi connectivity index (χ0v) is 13.9. The molecule has 0 bridgehead atoms. The molecule has 2 N–H and O–H groups in total. The highest BCUT2D eigenvalue weighted by molar-refractivity contribution is 5.79. The van der Waals surface area contributed by atoms with E-state index in [2.05, 4.69) is 49.4 Å². The Bertz CT molecular complexity index is 443. The minimum atomic E-state index is 0.351. The first kappa shape index (κ1) is 17.3. The van der Waals surface area contributed by atoms with Gasteiger partial charge in [0.25, 0.3) is 0 Å². The molecule has 1 aromatic carbocycles. The number of hydrogen-bond donors (Lipinski definition) is 2. The molecule has 1 aromatic rings. The number of ether oxygens (including phenoxy) is 1. The van der Waals surface area contributed by atoms with Crippen molar-refractivity contribution in [2.75, 3.05) is 26.7 Å². The van der Waals surface area contributed by atoms with Crippen LogP contribution in [0, 0.1) is 5.92 Å². The second-order valence-corrected chi connectivity index (χ2v) is 5.64. The van der Waals surface area contributed by atoms with Gasteiger partial charge in [0.2, 0.25) is 0 Å². The number of aliphatic imine (C=N–C) groups is 1. The van der Waals surface area contributed by atoms with Crippen LogP contribution in [0.3, 0.4) is 0 Å². The van der Waals surface area contributed by atoms with Gasteiger partial charge >= 0.3 is 0 Å². The molecule has 0 aliphatic heterocycles. The van der Waals surface area contributed by atoms with Crippen molar-refractivity contribution in [3.63, 3.8) is 0 Å². The summed E-state index contributed by atoms with van der Waals surface area (Å²) in [6, 6.07) is 8.16. The summed E-state index contributed by atoms with van der Waals surface area (Å²) in [7, 11) is 1.72. The minimum Gasteiger partial charge on any atom is -0.496 e. The summed E-state index contributed by atoms with van der Waals surface area (Å²) in [6.07, 6.45) is 0. The maximum Gasteiger partial charge on any atom is 0.191 e. The van der Waals surface area contributed by atoms with Crippen molar-refractivity contribution in [1.82, 2.24) is 10.6 Å². The Kier molecular flexibility index (Phi) is 7.65. The van der Waals surface area contributed by atoms with Gasteiger partial charge in [-0.15, -0.1) is 0 Å². The number of para-hydroxylation sites is 1. The average molecular weight is 291 g/mol. The van der Waals surface area contributed by atoms with Gasteiger partial charge in [0.1, 0.15) is 5.75 Å². The fourth-order valence-corrected chi connectivity index (χ4v) is 2.05. The molecule has 0 fully saturated rings. The molecular weight excluding hydrogens is 262 g/mol. The summed E-state index contributed by atoms with van der Waals surface area (Å²) in [4.78, 5) is 4.58. The highest BCUT2D eigenvalue weighted by Crippen LogP contribution is 2.25. The number of nitrogens with one attached hydrogen (secondary N) is 2. The molecule has 4 nitrogen and oxygen atoms in total. The zero-order valence-electron chi connectivity index (χ0n) is 13.9. The third-order valence-electron chi connectivity index (χ3n) is 3.20. The number of rotatable bonds is 7. The lowest BCUT2D eigenvalue weighted by Gasteiger charge is -2.18. The second-order valence-electron chi connectivity index (χ2n) is 5.64. The Morgan fingerprint density at radius 2 is 1.90 bits per heavy atom. The highest BCUT2D eigenvalue weighted by atomic mass is 16.5. The van der Waals surface area contributed by atoms with Gasteiger partial charge in [-0.1, -0.05) is 39.0 Å². The van der Waals surface area contributed by atoms with Crippen LogP contribution >= 0.6 is 0 Å². The predicted octanol–water partition coefficient (Wildman–Crippen LogP) is 3.01. The van der Waals surface area contributed by atoms with Crippen LogP contribution in [-0.4, -0.2) is 32.7 Å². The molecule has 0 amide bonds. The van der Waals surface area contributed by atoms with E-state index in [9.17, 15) is 0 Å². The van der Waals surface area contributed by atoms with Crippen LogP contribution in [0.4, 0.5) is 0 Å². The lowest BCUT2D eigenvalue weighted by Crippen LogP contribution is -2.39. The van der Waals surface area contributed by atoms with Gasteiger partial charge in [-0.25, -0.2) is 0 Å². The summed E-state index contributed by atoms with van der Waals surface area (Å²) in [5.74, 6) is 2.74. The smallest absolute Gasteiger partial charge is 0.191 e. The molecule has 1 rings (SSSR count). The van der Waals surface area contributed by atoms with Crippen LogP contribution in [0.5, 0.6) is 5.75 Å². The third kappa shape index (κ3) is 6.06. The fraction of sp³-hybridized carbons (Fsp3) is 0.588. The van der Waals surface area contributed by atoms with Crippen molar-refractivity contribution >= 4 is 5.96 Å². The summed E-state index contributed by atoms with van der Waals surface area (Å²) in [5, 5.41) is 6.69. The Balaban J connectivity index is 2.64. The number of methoxy groups -OCH3 is 1. The molecule has 0 aliphatic rings. The van der Waals surface area contributed by atoms with E-state index in [4.69, 9.17) is 4.74 Å². The highest BCUT2D eigenvalue weighted by Gasteiger charge is 2.11. The largest absolute Gasteiger partial charge is 0.496 e. The summed E-state index contributed by atoms with van der Waals surface area (Å²) < 4.78 is 5.43. The third-order valence-corrected chi connectivity index (χ3v) is 3.20. The number of hydrogen-bond acceptors (Lipinski definition) is 2. The Morgan fingerprint density at radius 1 is 1.19 bits per heavy atom. The number of benzene rings is 1. The molecular formula is C17H29N3O. The van der Waals surface area contributed by atoms with Crippen LogP contribution < -0.4 is 15.4 Å². The van der Waals surface area contributed by atoms with Gasteiger partial charge in [-0.05, 0) is 24.5 Å². The molecule has 0 radical (unpaired) electrons. The molecule has 0 aliphatic carbocycles. The maximum atomic E-state index is 5.43. The van der Waals surface area contributed by atoms with E-state index in [0.717, 1.165) is 31.3 Å². The van der Waals surface area contributed by atoms with Gasteiger partial charge in [0, 0.05) is 25.6 Å². The monoisotopic (exact) mass is 291 g/mol. The van der Waals surface area contributed by atoms with E-state index in [-0.39, 0.29) is 0 Å². The van der Waals surface area contributed by atoms with Gasteiger partial charge in [0.05, 0.1) is 7.11 Å². The van der Waals surface area contributed by atoms with E-state index >= 15 is 0 Å². The standard InChI is InChI=1S/C17H29N3O/c1-6-18-17(19-11-13(2)3)20-12-14(4)15-9-7-8-10-16(15)21-5/h7-10,13-14H,6,11-12H2,1-5H3,(H2,18,19,20). The minimum absolute atomic E-state index is 0.351.